The van der Waals surface area contributed by atoms with Crippen LogP contribution in [0.3, 0.4) is 0 Å². The van der Waals surface area contributed by atoms with Crippen LogP contribution in [0, 0.1) is 5.92 Å². The average molecular weight is 584 g/mol. The summed E-state index contributed by atoms with van der Waals surface area (Å²) in [4.78, 5) is 71.8. The summed E-state index contributed by atoms with van der Waals surface area (Å²) < 4.78 is 0. The number of likely N-dealkylation sites (tertiary alicyclic amines) is 1. The minimum atomic E-state index is -1.23. The first-order chi connectivity index (χ1) is 19.2. The summed E-state index contributed by atoms with van der Waals surface area (Å²) >= 11 is 0. The van der Waals surface area contributed by atoms with Gasteiger partial charge in [0.2, 0.25) is 23.6 Å². The lowest BCUT2D eigenvalue weighted by molar-refractivity contribution is -0.144. The van der Waals surface area contributed by atoms with E-state index in [9.17, 15) is 29.1 Å². The molecule has 0 aliphatic carbocycles. The molecule has 0 unspecified atom stereocenters. The maximum atomic E-state index is 13.0. The number of carboxylic acid groups (broad SMARTS) is 1. The van der Waals surface area contributed by atoms with Crippen molar-refractivity contribution in [2.24, 2.45) is 44.6 Å². The highest BCUT2D eigenvalue weighted by molar-refractivity contribution is 5.94. The fourth-order valence-corrected chi connectivity index (χ4v) is 4.10. The molecule has 0 radical (unpaired) electrons. The fourth-order valence-electron chi connectivity index (χ4n) is 4.10. The molecule has 17 nitrogen and oxygen atoms in total. The van der Waals surface area contributed by atoms with Gasteiger partial charge in [-0.3, -0.25) is 29.2 Å². The first-order valence-electron chi connectivity index (χ1n) is 13.5. The van der Waals surface area contributed by atoms with Gasteiger partial charge in [-0.15, -0.1) is 0 Å². The minimum absolute atomic E-state index is 0.0886. The van der Waals surface area contributed by atoms with Crippen LogP contribution in [0.2, 0.25) is 0 Å². The molecule has 4 atom stereocenters. The molecule has 0 spiro atoms. The summed E-state index contributed by atoms with van der Waals surface area (Å²) in [5.41, 5.74) is 27.1. The number of amides is 4. The Morgan fingerprint density at radius 3 is 1.98 bits per heavy atom. The Hall–Kier alpha value is -4.15. The second-order valence-electron chi connectivity index (χ2n) is 10.1. The first-order valence-corrected chi connectivity index (χ1v) is 13.5. The highest BCUT2D eigenvalue weighted by Crippen LogP contribution is 2.18. The number of carboxylic acids is 1. The number of guanidine groups is 2. The normalized spacial score (nSPS) is 16.7. The predicted octanol–water partition coefficient (Wildman–Crippen LogP) is -3.76. The van der Waals surface area contributed by atoms with Gasteiger partial charge < -0.3 is 54.6 Å². The summed E-state index contributed by atoms with van der Waals surface area (Å²) in [5.74, 6) is -3.88. The molecule has 0 aromatic carbocycles. The maximum Gasteiger partial charge on any atom is 0.326 e. The van der Waals surface area contributed by atoms with Gasteiger partial charge in [0.05, 0.1) is 12.6 Å². The van der Waals surface area contributed by atoms with Gasteiger partial charge in [-0.1, -0.05) is 13.8 Å². The zero-order valence-electron chi connectivity index (χ0n) is 23.7. The number of nitrogens with zero attached hydrogens (tertiary/aromatic N) is 3. The monoisotopic (exact) mass is 583 g/mol. The topological polar surface area (TPSA) is 300 Å². The van der Waals surface area contributed by atoms with Crippen molar-refractivity contribution in [2.75, 3.05) is 26.2 Å². The van der Waals surface area contributed by atoms with Crippen LogP contribution in [0.1, 0.15) is 52.4 Å². The van der Waals surface area contributed by atoms with Crippen molar-refractivity contribution in [3.8, 4) is 0 Å². The van der Waals surface area contributed by atoms with Crippen molar-refractivity contribution >= 4 is 41.5 Å². The molecule has 0 bridgehead atoms. The van der Waals surface area contributed by atoms with Crippen molar-refractivity contribution in [3.05, 3.63) is 0 Å². The maximum absolute atomic E-state index is 13.0. The number of hydrogen-bond donors (Lipinski definition) is 9. The fraction of sp³-hybridized carbons (Fsp3) is 0.708. The largest absolute Gasteiger partial charge is 0.480 e. The highest BCUT2D eigenvalue weighted by Gasteiger charge is 2.36. The van der Waals surface area contributed by atoms with E-state index in [1.807, 2.05) is 0 Å². The highest BCUT2D eigenvalue weighted by atomic mass is 16.4. The Balaban J connectivity index is 2.79. The number of carbonyl (C=O) groups is 5. The molecule has 1 heterocycles. The number of aliphatic carboxylic acids is 1. The first kappa shape index (κ1) is 34.9. The summed E-state index contributed by atoms with van der Waals surface area (Å²) in [7, 11) is 0. The number of aliphatic imine (C=N–C) groups is 2. The van der Waals surface area contributed by atoms with Crippen LogP contribution < -0.4 is 44.6 Å². The molecule has 17 heteroatoms. The standard InChI is InChI=1S/C24H45N11O6/c1-13(2)18(25)21(39)33-14(6-3-9-30-23(26)27)19(37)32-12-17(36)35-11-5-8-16(35)20(38)34-15(22(40)41)7-4-10-31-24(28)29/h13-16,18H,3-12,25H2,1-2H3,(H,32,37)(H,33,39)(H,34,38)(H,40,41)(H4,26,27,30)(H4,28,29,31)/t14-,15-,16-,18-/m0/s1. The van der Waals surface area contributed by atoms with Crippen molar-refractivity contribution in [3.63, 3.8) is 0 Å². The van der Waals surface area contributed by atoms with Crippen LogP contribution in [0.4, 0.5) is 0 Å². The van der Waals surface area contributed by atoms with E-state index >= 15 is 0 Å². The van der Waals surface area contributed by atoms with E-state index < -0.39 is 60.3 Å². The molecule has 41 heavy (non-hydrogen) atoms. The molecule has 232 valence electrons. The minimum Gasteiger partial charge on any atom is -0.480 e. The molecular weight excluding hydrogens is 538 g/mol. The third-order valence-corrected chi connectivity index (χ3v) is 6.45. The molecule has 1 aliphatic rings. The van der Waals surface area contributed by atoms with Gasteiger partial charge in [-0.05, 0) is 44.4 Å². The van der Waals surface area contributed by atoms with Crippen LogP contribution in [-0.4, -0.2) is 102 Å². The Morgan fingerprint density at radius 2 is 1.46 bits per heavy atom. The molecule has 1 fully saturated rings. The van der Waals surface area contributed by atoms with Crippen molar-refractivity contribution in [1.82, 2.24) is 20.9 Å². The van der Waals surface area contributed by atoms with Crippen LogP contribution in [0.15, 0.2) is 9.98 Å². The molecule has 0 saturated carbocycles. The van der Waals surface area contributed by atoms with Crippen LogP contribution in [-0.2, 0) is 24.0 Å². The third kappa shape index (κ3) is 12.7. The second-order valence-corrected chi connectivity index (χ2v) is 10.1. The Kier molecular flexibility index (Phi) is 14.9. The Morgan fingerprint density at radius 1 is 0.902 bits per heavy atom. The molecule has 0 aromatic rings. The zero-order valence-corrected chi connectivity index (χ0v) is 23.7. The van der Waals surface area contributed by atoms with Gasteiger partial charge in [0.1, 0.15) is 18.1 Å². The smallest absolute Gasteiger partial charge is 0.326 e. The third-order valence-electron chi connectivity index (χ3n) is 6.45. The predicted molar refractivity (Wildman–Crippen MR) is 152 cm³/mol. The molecule has 1 saturated heterocycles. The van der Waals surface area contributed by atoms with E-state index in [0.29, 0.717) is 25.7 Å². The van der Waals surface area contributed by atoms with E-state index in [2.05, 4.69) is 25.9 Å². The van der Waals surface area contributed by atoms with Crippen molar-refractivity contribution in [1.29, 1.82) is 0 Å². The van der Waals surface area contributed by atoms with Gasteiger partial charge in [0, 0.05) is 19.6 Å². The van der Waals surface area contributed by atoms with E-state index in [1.54, 1.807) is 13.8 Å². The van der Waals surface area contributed by atoms with Gasteiger partial charge in [-0.2, -0.15) is 0 Å². The summed E-state index contributed by atoms with van der Waals surface area (Å²) in [6.45, 7) is 3.80. The van der Waals surface area contributed by atoms with Crippen LogP contribution in [0.5, 0.6) is 0 Å². The number of nitrogens with two attached hydrogens (primary N) is 5. The zero-order chi connectivity index (χ0) is 31.1. The molecule has 4 amide bonds. The van der Waals surface area contributed by atoms with Gasteiger partial charge in [-0.25, -0.2) is 4.79 Å². The van der Waals surface area contributed by atoms with Crippen molar-refractivity contribution in [2.45, 2.75) is 76.5 Å². The molecule has 14 N–H and O–H groups in total. The molecule has 1 aliphatic heterocycles. The lowest BCUT2D eigenvalue weighted by atomic mass is 10.0. The van der Waals surface area contributed by atoms with Gasteiger partial charge in [0.25, 0.3) is 0 Å². The quantitative estimate of drug-likeness (QED) is 0.0455. The number of carbonyl (C=O) groups excluding carboxylic acids is 4. The number of hydrogen-bond acceptors (Lipinski definition) is 8. The van der Waals surface area contributed by atoms with Gasteiger partial charge >= 0.3 is 5.97 Å². The molecule has 1 rings (SSSR count). The lowest BCUT2D eigenvalue weighted by Gasteiger charge is -2.26. The SMILES string of the molecule is CC(C)[C@H](N)C(=O)N[C@@H](CCCN=C(N)N)C(=O)NCC(=O)N1CCC[C@H]1C(=O)N[C@@H](CCCN=C(N)N)C(=O)O. The van der Waals surface area contributed by atoms with Gasteiger partial charge in [0.15, 0.2) is 11.9 Å². The second kappa shape index (κ2) is 17.5. The van der Waals surface area contributed by atoms with Crippen LogP contribution >= 0.6 is 0 Å². The van der Waals surface area contributed by atoms with E-state index in [4.69, 9.17) is 28.7 Å². The van der Waals surface area contributed by atoms with E-state index in [1.165, 1.54) is 4.90 Å². The number of rotatable bonds is 17. The summed E-state index contributed by atoms with van der Waals surface area (Å²) in [5, 5.41) is 17.1. The van der Waals surface area contributed by atoms with Crippen molar-refractivity contribution < 1.29 is 29.1 Å². The lowest BCUT2D eigenvalue weighted by Crippen LogP contribution is -2.55. The molecule has 0 aromatic heterocycles. The van der Waals surface area contributed by atoms with E-state index in [0.717, 1.165) is 0 Å². The Labute approximate surface area is 239 Å². The Bertz CT molecular complexity index is 979. The molecular formula is C24H45N11O6. The van der Waals surface area contributed by atoms with E-state index in [-0.39, 0.29) is 50.3 Å². The summed E-state index contributed by atoms with van der Waals surface area (Å²) in [6.07, 6.45) is 1.82. The average Bonchev–Trinajstić information content (AvgIpc) is 3.39. The number of nitrogens with one attached hydrogen (secondary N) is 3. The summed E-state index contributed by atoms with van der Waals surface area (Å²) in [6, 6.07) is -3.91. The van der Waals surface area contributed by atoms with Crippen LogP contribution in [0.25, 0.3) is 0 Å².